The molecule has 0 spiro atoms. The van der Waals surface area contributed by atoms with E-state index >= 15 is 0 Å². The molecule has 2 heterocycles. The van der Waals surface area contributed by atoms with E-state index in [0.717, 1.165) is 19.5 Å². The number of carbonyl (C=O) groups excluding carboxylic acids is 1. The van der Waals surface area contributed by atoms with Gasteiger partial charge in [-0.1, -0.05) is 13.3 Å². The summed E-state index contributed by atoms with van der Waals surface area (Å²) in [6.07, 6.45) is 6.47. The first kappa shape index (κ1) is 13.8. The minimum absolute atomic E-state index is 0.0238. The van der Waals surface area contributed by atoms with Gasteiger partial charge in [0.25, 0.3) is 5.91 Å². The molecule has 5 nitrogen and oxygen atoms in total. The summed E-state index contributed by atoms with van der Waals surface area (Å²) in [5, 5.41) is 0. The zero-order chi connectivity index (χ0) is 13.7. The summed E-state index contributed by atoms with van der Waals surface area (Å²) >= 11 is 0. The van der Waals surface area contributed by atoms with E-state index < -0.39 is 0 Å². The van der Waals surface area contributed by atoms with Crippen LogP contribution in [0.4, 0.5) is 0 Å². The summed E-state index contributed by atoms with van der Waals surface area (Å²) in [7, 11) is 0. The molecule has 0 radical (unpaired) electrons. The fraction of sp³-hybridized carbons (Fsp3) is 0.643. The minimum Gasteiger partial charge on any atom is -0.477 e. The van der Waals surface area contributed by atoms with Crippen molar-refractivity contribution in [2.45, 2.75) is 33.1 Å². The molecule has 1 aromatic heterocycles. The van der Waals surface area contributed by atoms with E-state index in [1.165, 1.54) is 25.2 Å². The van der Waals surface area contributed by atoms with Crippen LogP contribution in [0.2, 0.25) is 0 Å². The summed E-state index contributed by atoms with van der Waals surface area (Å²) in [5.74, 6) is 0.995. The van der Waals surface area contributed by atoms with E-state index in [2.05, 4.69) is 16.9 Å². The molecule has 1 aromatic rings. The van der Waals surface area contributed by atoms with E-state index in [4.69, 9.17) is 4.74 Å². The first-order valence-electron chi connectivity index (χ1n) is 6.94. The quantitative estimate of drug-likeness (QED) is 0.838. The lowest BCUT2D eigenvalue weighted by molar-refractivity contribution is 0.0738. The van der Waals surface area contributed by atoms with Crippen molar-refractivity contribution in [2.75, 3.05) is 19.7 Å². The van der Waals surface area contributed by atoms with Gasteiger partial charge in [0, 0.05) is 13.1 Å². The van der Waals surface area contributed by atoms with Crippen molar-refractivity contribution >= 4 is 5.91 Å². The number of carbonyl (C=O) groups is 1. The molecule has 0 bridgehead atoms. The van der Waals surface area contributed by atoms with Gasteiger partial charge in [-0.25, -0.2) is 9.97 Å². The molecule has 2 rings (SSSR count). The molecule has 104 valence electrons. The van der Waals surface area contributed by atoms with Crippen molar-refractivity contribution < 1.29 is 9.53 Å². The second kappa shape index (κ2) is 6.50. The molecule has 1 atom stereocenters. The van der Waals surface area contributed by atoms with Crippen LogP contribution in [0.3, 0.4) is 0 Å². The van der Waals surface area contributed by atoms with Gasteiger partial charge in [-0.3, -0.25) is 4.79 Å². The lowest BCUT2D eigenvalue weighted by Crippen LogP contribution is -2.34. The topological polar surface area (TPSA) is 55.3 Å². The Morgan fingerprint density at radius 1 is 1.42 bits per heavy atom. The molecular formula is C14H21N3O2. The molecule has 5 heteroatoms. The largest absolute Gasteiger partial charge is 0.477 e. The Hall–Kier alpha value is -1.65. The molecule has 0 saturated carbocycles. The van der Waals surface area contributed by atoms with Crippen LogP contribution < -0.4 is 4.74 Å². The molecule has 1 unspecified atom stereocenters. The molecular weight excluding hydrogens is 242 g/mol. The SMILES string of the molecule is CCOc1cnc(C(=O)N2CCCCC(C)C2)cn1. The molecule has 0 aliphatic carbocycles. The van der Waals surface area contributed by atoms with Crippen molar-refractivity contribution in [3.8, 4) is 5.88 Å². The number of nitrogens with zero attached hydrogens (tertiary/aromatic N) is 3. The number of likely N-dealkylation sites (tertiary alicyclic amines) is 1. The zero-order valence-corrected chi connectivity index (χ0v) is 11.6. The van der Waals surface area contributed by atoms with Gasteiger partial charge in [0.2, 0.25) is 5.88 Å². The summed E-state index contributed by atoms with van der Waals surface area (Å²) in [6.45, 7) is 6.26. The van der Waals surface area contributed by atoms with Gasteiger partial charge >= 0.3 is 0 Å². The molecule has 0 aromatic carbocycles. The average Bonchev–Trinajstić information content (AvgIpc) is 2.64. The fourth-order valence-corrected chi connectivity index (χ4v) is 2.35. The maximum Gasteiger partial charge on any atom is 0.274 e. The van der Waals surface area contributed by atoms with Crippen LogP contribution in [0.15, 0.2) is 12.4 Å². The molecule has 19 heavy (non-hydrogen) atoms. The van der Waals surface area contributed by atoms with Crippen LogP contribution in [-0.4, -0.2) is 40.5 Å². The Bertz CT molecular complexity index is 419. The summed E-state index contributed by atoms with van der Waals surface area (Å²) in [4.78, 5) is 22.5. The molecule has 1 saturated heterocycles. The van der Waals surface area contributed by atoms with Gasteiger partial charge in [0.15, 0.2) is 0 Å². The number of rotatable bonds is 3. The van der Waals surface area contributed by atoms with Crippen molar-refractivity contribution in [3.05, 3.63) is 18.1 Å². The molecule has 0 N–H and O–H groups in total. The van der Waals surface area contributed by atoms with Gasteiger partial charge in [-0.15, -0.1) is 0 Å². The molecule has 1 amide bonds. The summed E-state index contributed by atoms with van der Waals surface area (Å²) in [5.41, 5.74) is 0.401. The number of amides is 1. The lowest BCUT2D eigenvalue weighted by atomic mass is 10.1. The second-order valence-electron chi connectivity index (χ2n) is 5.03. The maximum absolute atomic E-state index is 12.3. The highest BCUT2D eigenvalue weighted by atomic mass is 16.5. The summed E-state index contributed by atoms with van der Waals surface area (Å²) < 4.78 is 5.22. The third-order valence-electron chi connectivity index (χ3n) is 3.33. The van der Waals surface area contributed by atoms with Crippen LogP contribution in [0, 0.1) is 5.92 Å². The highest BCUT2D eigenvalue weighted by molar-refractivity contribution is 5.92. The van der Waals surface area contributed by atoms with E-state index in [1.54, 1.807) is 0 Å². The molecule has 1 aliphatic heterocycles. The number of hydrogen-bond acceptors (Lipinski definition) is 4. The Morgan fingerprint density at radius 2 is 2.26 bits per heavy atom. The van der Waals surface area contributed by atoms with Crippen LogP contribution in [0.1, 0.15) is 43.6 Å². The van der Waals surface area contributed by atoms with Gasteiger partial charge in [0.1, 0.15) is 5.69 Å². The predicted molar refractivity (Wildman–Crippen MR) is 72.1 cm³/mol. The molecule has 1 fully saturated rings. The van der Waals surface area contributed by atoms with Crippen molar-refractivity contribution in [2.24, 2.45) is 5.92 Å². The standard InChI is InChI=1S/C14H21N3O2/c1-3-19-13-9-15-12(8-16-13)14(18)17-7-5-4-6-11(2)10-17/h8-9,11H,3-7,10H2,1-2H3. The van der Waals surface area contributed by atoms with Crippen molar-refractivity contribution in [3.63, 3.8) is 0 Å². The molecule has 1 aliphatic rings. The van der Waals surface area contributed by atoms with Crippen LogP contribution in [0.5, 0.6) is 5.88 Å². The highest BCUT2D eigenvalue weighted by Crippen LogP contribution is 2.17. The van der Waals surface area contributed by atoms with Gasteiger partial charge in [0.05, 0.1) is 19.0 Å². The Morgan fingerprint density at radius 3 is 2.95 bits per heavy atom. The van der Waals surface area contributed by atoms with Crippen molar-refractivity contribution in [1.29, 1.82) is 0 Å². The fourth-order valence-electron chi connectivity index (χ4n) is 2.35. The number of hydrogen-bond donors (Lipinski definition) is 0. The van der Waals surface area contributed by atoms with Crippen LogP contribution >= 0.6 is 0 Å². The van der Waals surface area contributed by atoms with Crippen LogP contribution in [-0.2, 0) is 0 Å². The normalized spacial score (nSPS) is 19.9. The van der Waals surface area contributed by atoms with Crippen molar-refractivity contribution in [1.82, 2.24) is 14.9 Å². The lowest BCUT2D eigenvalue weighted by Gasteiger charge is -2.22. The first-order valence-corrected chi connectivity index (χ1v) is 6.94. The monoisotopic (exact) mass is 263 g/mol. The Kier molecular flexibility index (Phi) is 4.71. The number of ether oxygens (including phenoxy) is 1. The maximum atomic E-state index is 12.3. The number of aromatic nitrogens is 2. The van der Waals surface area contributed by atoms with E-state index in [9.17, 15) is 4.79 Å². The Labute approximate surface area is 114 Å². The first-order chi connectivity index (χ1) is 9.20. The van der Waals surface area contributed by atoms with Crippen LogP contribution in [0.25, 0.3) is 0 Å². The van der Waals surface area contributed by atoms with Gasteiger partial charge in [-0.05, 0) is 25.7 Å². The highest BCUT2D eigenvalue weighted by Gasteiger charge is 2.21. The smallest absolute Gasteiger partial charge is 0.274 e. The third kappa shape index (κ3) is 3.66. The average molecular weight is 263 g/mol. The Balaban J connectivity index is 2.05. The zero-order valence-electron chi connectivity index (χ0n) is 11.6. The van der Waals surface area contributed by atoms with E-state index in [-0.39, 0.29) is 5.91 Å². The minimum atomic E-state index is -0.0238. The second-order valence-corrected chi connectivity index (χ2v) is 5.03. The third-order valence-corrected chi connectivity index (χ3v) is 3.33. The van der Waals surface area contributed by atoms with E-state index in [0.29, 0.717) is 24.1 Å². The summed E-state index contributed by atoms with van der Waals surface area (Å²) in [6, 6.07) is 0. The van der Waals surface area contributed by atoms with Gasteiger partial charge in [-0.2, -0.15) is 0 Å². The predicted octanol–water partition coefficient (Wildman–Crippen LogP) is 2.14. The van der Waals surface area contributed by atoms with Gasteiger partial charge < -0.3 is 9.64 Å². The van der Waals surface area contributed by atoms with E-state index in [1.807, 2.05) is 11.8 Å².